The highest BCUT2D eigenvalue weighted by Gasteiger charge is 2.32. The summed E-state index contributed by atoms with van der Waals surface area (Å²) in [7, 11) is 1.35. The Morgan fingerprint density at radius 1 is 1.05 bits per heavy atom. The Labute approximate surface area is 129 Å². The normalized spacial score (nSPS) is 15.0. The minimum Gasteiger partial charge on any atom is -0.345 e. The summed E-state index contributed by atoms with van der Waals surface area (Å²) < 4.78 is 26.3. The standard InChI is InChI=1S/C16H16N2O3S/c1-17(2)16(19)11-8-9-14-13(10-11)12-6-4-5-7-15(12)22(20,21)18(14)3/h4-10H,1-3H3. The number of carbonyl (C=O) groups excluding carboxylic acids is 1. The maximum atomic E-state index is 12.5. The molecular weight excluding hydrogens is 300 g/mol. The third-order valence-electron chi connectivity index (χ3n) is 3.80. The zero-order valence-electron chi connectivity index (χ0n) is 12.6. The topological polar surface area (TPSA) is 57.7 Å². The number of benzene rings is 2. The fourth-order valence-electron chi connectivity index (χ4n) is 2.61. The maximum absolute atomic E-state index is 12.5. The van der Waals surface area contributed by atoms with Crippen LogP contribution in [0.4, 0.5) is 5.69 Å². The van der Waals surface area contributed by atoms with E-state index in [1.54, 1.807) is 56.6 Å². The SMILES string of the molecule is CN(C)C(=O)c1ccc2c(c1)-c1ccccc1S(=O)(=O)N2C. The average Bonchev–Trinajstić information content (AvgIpc) is 2.51. The maximum Gasteiger partial charge on any atom is 0.264 e. The Kier molecular flexibility index (Phi) is 3.21. The third kappa shape index (κ3) is 1.99. The molecule has 1 aliphatic rings. The highest BCUT2D eigenvalue weighted by atomic mass is 32.2. The van der Waals surface area contributed by atoms with Gasteiger partial charge >= 0.3 is 0 Å². The van der Waals surface area contributed by atoms with Crippen molar-refractivity contribution in [3.05, 3.63) is 48.0 Å². The van der Waals surface area contributed by atoms with Crippen molar-refractivity contribution < 1.29 is 13.2 Å². The summed E-state index contributed by atoms with van der Waals surface area (Å²) in [4.78, 5) is 13.9. The van der Waals surface area contributed by atoms with Gasteiger partial charge in [0.1, 0.15) is 0 Å². The van der Waals surface area contributed by atoms with Crippen LogP contribution in [0.15, 0.2) is 47.4 Å². The van der Waals surface area contributed by atoms with Gasteiger partial charge in [-0.1, -0.05) is 18.2 Å². The van der Waals surface area contributed by atoms with E-state index in [1.807, 2.05) is 0 Å². The van der Waals surface area contributed by atoms with E-state index in [0.717, 1.165) is 5.56 Å². The lowest BCUT2D eigenvalue weighted by molar-refractivity contribution is 0.0827. The first-order valence-corrected chi connectivity index (χ1v) is 8.22. The Morgan fingerprint density at radius 2 is 1.73 bits per heavy atom. The van der Waals surface area contributed by atoms with Gasteiger partial charge < -0.3 is 4.90 Å². The molecule has 0 unspecified atom stereocenters. The molecular formula is C16H16N2O3S. The zero-order chi connectivity index (χ0) is 16.1. The van der Waals surface area contributed by atoms with Gasteiger partial charge in [0, 0.05) is 37.8 Å². The summed E-state index contributed by atoms with van der Waals surface area (Å²) in [6.07, 6.45) is 0. The highest BCUT2D eigenvalue weighted by Crippen LogP contribution is 2.42. The van der Waals surface area contributed by atoms with Crippen LogP contribution in [-0.2, 0) is 10.0 Å². The number of nitrogens with zero attached hydrogens (tertiary/aromatic N) is 2. The number of fused-ring (bicyclic) bond motifs is 3. The Hall–Kier alpha value is -2.34. The van der Waals surface area contributed by atoms with Crippen LogP contribution in [0.1, 0.15) is 10.4 Å². The number of rotatable bonds is 1. The molecule has 3 rings (SSSR count). The van der Waals surface area contributed by atoms with Crippen molar-refractivity contribution >= 4 is 21.6 Å². The molecule has 0 atom stereocenters. The second kappa shape index (κ2) is 4.84. The summed E-state index contributed by atoms with van der Waals surface area (Å²) in [6.45, 7) is 0. The van der Waals surface area contributed by atoms with Gasteiger partial charge in [-0.15, -0.1) is 0 Å². The van der Waals surface area contributed by atoms with Gasteiger partial charge in [0.25, 0.3) is 15.9 Å². The molecule has 0 bridgehead atoms. The third-order valence-corrected chi connectivity index (χ3v) is 5.63. The first kappa shape index (κ1) is 14.6. The number of hydrogen-bond acceptors (Lipinski definition) is 3. The molecule has 0 aliphatic carbocycles. The minimum absolute atomic E-state index is 0.114. The predicted octanol–water partition coefficient (Wildman–Crippen LogP) is 2.19. The van der Waals surface area contributed by atoms with E-state index in [9.17, 15) is 13.2 Å². The first-order chi connectivity index (χ1) is 10.3. The van der Waals surface area contributed by atoms with Gasteiger partial charge in [0.15, 0.2) is 0 Å². The molecule has 2 aromatic rings. The van der Waals surface area contributed by atoms with Gasteiger partial charge in [0.2, 0.25) is 0 Å². The lowest BCUT2D eigenvalue weighted by atomic mass is 10.00. The van der Waals surface area contributed by atoms with E-state index in [2.05, 4.69) is 0 Å². The smallest absolute Gasteiger partial charge is 0.264 e. The number of amides is 1. The fourth-order valence-corrected chi connectivity index (χ4v) is 4.03. The number of hydrogen-bond donors (Lipinski definition) is 0. The van der Waals surface area contributed by atoms with E-state index in [0.29, 0.717) is 16.8 Å². The molecule has 0 fully saturated rings. The average molecular weight is 316 g/mol. The van der Waals surface area contributed by atoms with Crippen molar-refractivity contribution in [2.75, 3.05) is 25.4 Å². The predicted molar refractivity (Wildman–Crippen MR) is 85.5 cm³/mol. The monoisotopic (exact) mass is 316 g/mol. The second-order valence-corrected chi connectivity index (χ2v) is 7.34. The molecule has 1 amide bonds. The lowest BCUT2D eigenvalue weighted by Gasteiger charge is -2.29. The van der Waals surface area contributed by atoms with Crippen LogP contribution in [0, 0.1) is 0 Å². The lowest BCUT2D eigenvalue weighted by Crippen LogP contribution is -2.30. The first-order valence-electron chi connectivity index (χ1n) is 6.78. The molecule has 0 radical (unpaired) electrons. The van der Waals surface area contributed by atoms with E-state index >= 15 is 0 Å². The van der Waals surface area contributed by atoms with Gasteiger partial charge in [0.05, 0.1) is 10.6 Å². The van der Waals surface area contributed by atoms with Crippen LogP contribution in [-0.4, -0.2) is 40.4 Å². The summed E-state index contributed by atoms with van der Waals surface area (Å²) >= 11 is 0. The van der Waals surface area contributed by atoms with Crippen LogP contribution in [0.3, 0.4) is 0 Å². The summed E-state index contributed by atoms with van der Waals surface area (Å²) in [5.41, 5.74) is 2.49. The van der Waals surface area contributed by atoms with Crippen molar-refractivity contribution in [3.8, 4) is 11.1 Å². The van der Waals surface area contributed by atoms with E-state index < -0.39 is 10.0 Å². The number of anilines is 1. The summed E-state index contributed by atoms with van der Waals surface area (Å²) in [5.74, 6) is -0.114. The van der Waals surface area contributed by atoms with Crippen molar-refractivity contribution in [3.63, 3.8) is 0 Å². The van der Waals surface area contributed by atoms with Gasteiger partial charge in [-0.2, -0.15) is 0 Å². The summed E-state index contributed by atoms with van der Waals surface area (Å²) in [5, 5.41) is 0. The molecule has 0 aromatic heterocycles. The molecule has 22 heavy (non-hydrogen) atoms. The minimum atomic E-state index is -3.55. The fraction of sp³-hybridized carbons (Fsp3) is 0.188. The Bertz CT molecular complexity index is 873. The van der Waals surface area contributed by atoms with E-state index in [1.165, 1.54) is 16.3 Å². The Balaban J connectivity index is 2.29. The molecule has 2 aromatic carbocycles. The van der Waals surface area contributed by atoms with E-state index in [4.69, 9.17) is 0 Å². The molecule has 1 heterocycles. The molecule has 0 saturated heterocycles. The largest absolute Gasteiger partial charge is 0.345 e. The molecule has 0 N–H and O–H groups in total. The number of carbonyl (C=O) groups is 1. The van der Waals surface area contributed by atoms with Gasteiger partial charge in [-0.05, 0) is 24.3 Å². The molecule has 114 valence electrons. The van der Waals surface area contributed by atoms with Crippen LogP contribution in [0.2, 0.25) is 0 Å². The van der Waals surface area contributed by atoms with Gasteiger partial charge in [-0.25, -0.2) is 8.42 Å². The number of sulfonamides is 1. The zero-order valence-corrected chi connectivity index (χ0v) is 13.4. The molecule has 1 aliphatic heterocycles. The van der Waals surface area contributed by atoms with Crippen molar-refractivity contribution in [2.24, 2.45) is 0 Å². The van der Waals surface area contributed by atoms with Crippen LogP contribution >= 0.6 is 0 Å². The summed E-state index contributed by atoms with van der Waals surface area (Å²) in [6, 6.07) is 11.9. The second-order valence-electron chi connectivity index (χ2n) is 5.40. The van der Waals surface area contributed by atoms with Crippen molar-refractivity contribution in [2.45, 2.75) is 4.90 Å². The van der Waals surface area contributed by atoms with Crippen LogP contribution in [0.25, 0.3) is 11.1 Å². The quantitative estimate of drug-likeness (QED) is 0.810. The molecule has 0 saturated carbocycles. The molecule has 5 nitrogen and oxygen atoms in total. The van der Waals surface area contributed by atoms with Crippen molar-refractivity contribution in [1.82, 2.24) is 4.90 Å². The van der Waals surface area contributed by atoms with Crippen LogP contribution < -0.4 is 4.31 Å². The molecule has 0 spiro atoms. The van der Waals surface area contributed by atoms with E-state index in [-0.39, 0.29) is 10.8 Å². The Morgan fingerprint density at radius 3 is 2.41 bits per heavy atom. The highest BCUT2D eigenvalue weighted by molar-refractivity contribution is 7.93. The van der Waals surface area contributed by atoms with Gasteiger partial charge in [-0.3, -0.25) is 9.10 Å². The van der Waals surface area contributed by atoms with Crippen LogP contribution in [0.5, 0.6) is 0 Å². The molecule has 6 heteroatoms. The van der Waals surface area contributed by atoms with Crippen molar-refractivity contribution in [1.29, 1.82) is 0 Å².